The number of benzene rings is 1. The zero-order valence-electron chi connectivity index (χ0n) is 10.5. The molecular weight excluding hydrogens is 247 g/mol. The van der Waals surface area contributed by atoms with Crippen molar-refractivity contribution in [2.24, 2.45) is 11.5 Å². The van der Waals surface area contributed by atoms with Crippen LogP contribution in [-0.4, -0.2) is 21.7 Å². The molecule has 2 atom stereocenters. The lowest BCUT2D eigenvalue weighted by atomic mass is 10.0. The Balaban J connectivity index is 2.39. The predicted molar refractivity (Wildman–Crippen MR) is 68.9 cm³/mol. The van der Waals surface area contributed by atoms with Gasteiger partial charge in [0.05, 0.1) is 17.8 Å². The van der Waals surface area contributed by atoms with E-state index in [9.17, 15) is 9.18 Å². The lowest BCUT2D eigenvalue weighted by Crippen LogP contribution is -2.30. The van der Waals surface area contributed by atoms with Gasteiger partial charge in [-0.25, -0.2) is 4.39 Å². The smallest absolute Gasteiger partial charge is 0.251 e. The van der Waals surface area contributed by atoms with Crippen LogP contribution in [0.3, 0.4) is 0 Å². The summed E-state index contributed by atoms with van der Waals surface area (Å²) in [6.07, 6.45) is 2.93. The minimum Gasteiger partial charge on any atom is -0.366 e. The third kappa shape index (κ3) is 2.79. The highest BCUT2D eigenvalue weighted by Crippen LogP contribution is 2.21. The average molecular weight is 262 g/mol. The third-order valence-electron chi connectivity index (χ3n) is 2.88. The number of rotatable bonds is 4. The summed E-state index contributed by atoms with van der Waals surface area (Å²) in [5.41, 5.74) is 12.3. The van der Waals surface area contributed by atoms with Crippen LogP contribution in [0.1, 0.15) is 28.9 Å². The first-order valence-corrected chi connectivity index (χ1v) is 5.84. The molecule has 1 heterocycles. The van der Waals surface area contributed by atoms with Crippen molar-refractivity contribution in [3.63, 3.8) is 0 Å². The summed E-state index contributed by atoms with van der Waals surface area (Å²) in [6, 6.07) is 5.48. The van der Waals surface area contributed by atoms with Gasteiger partial charge >= 0.3 is 0 Å². The molecule has 0 saturated carbocycles. The van der Waals surface area contributed by atoms with E-state index in [0.717, 1.165) is 5.56 Å². The fourth-order valence-corrected chi connectivity index (χ4v) is 1.97. The summed E-state index contributed by atoms with van der Waals surface area (Å²) in [5, 5.41) is 4.10. The van der Waals surface area contributed by atoms with Gasteiger partial charge < -0.3 is 11.5 Å². The molecule has 19 heavy (non-hydrogen) atoms. The number of nitrogens with two attached hydrogens (primary N) is 2. The highest BCUT2D eigenvalue weighted by Gasteiger charge is 2.20. The Morgan fingerprint density at radius 3 is 2.47 bits per heavy atom. The van der Waals surface area contributed by atoms with Crippen LogP contribution in [-0.2, 0) is 0 Å². The maximum Gasteiger partial charge on any atom is 0.251 e. The van der Waals surface area contributed by atoms with E-state index in [1.807, 2.05) is 6.92 Å². The minimum atomic E-state index is -0.547. The summed E-state index contributed by atoms with van der Waals surface area (Å²) < 4.78 is 14.5. The Hall–Kier alpha value is -2.21. The number of amides is 1. The van der Waals surface area contributed by atoms with Gasteiger partial charge in [-0.1, -0.05) is 12.1 Å². The zero-order chi connectivity index (χ0) is 14.0. The van der Waals surface area contributed by atoms with E-state index in [1.165, 1.54) is 18.3 Å². The van der Waals surface area contributed by atoms with Gasteiger partial charge in [0, 0.05) is 12.2 Å². The summed E-state index contributed by atoms with van der Waals surface area (Å²) in [4.78, 5) is 11.1. The van der Waals surface area contributed by atoms with Crippen LogP contribution in [0.2, 0.25) is 0 Å². The van der Waals surface area contributed by atoms with Crippen LogP contribution in [0.5, 0.6) is 0 Å². The number of carbonyl (C=O) groups is 1. The molecule has 4 N–H and O–H groups in total. The van der Waals surface area contributed by atoms with E-state index < -0.39 is 5.91 Å². The Labute approximate surface area is 110 Å². The topological polar surface area (TPSA) is 86.9 Å². The van der Waals surface area contributed by atoms with E-state index in [4.69, 9.17) is 11.5 Å². The van der Waals surface area contributed by atoms with Crippen LogP contribution in [0.25, 0.3) is 0 Å². The highest BCUT2D eigenvalue weighted by molar-refractivity contribution is 5.92. The molecule has 1 aromatic heterocycles. The number of carbonyl (C=O) groups excluding carboxylic acids is 1. The molecule has 1 amide bonds. The van der Waals surface area contributed by atoms with Crippen molar-refractivity contribution in [2.75, 3.05) is 0 Å². The van der Waals surface area contributed by atoms with Gasteiger partial charge in [0.15, 0.2) is 0 Å². The zero-order valence-corrected chi connectivity index (χ0v) is 10.5. The molecule has 1 aromatic carbocycles. The second kappa shape index (κ2) is 5.19. The number of halogens is 1. The minimum absolute atomic E-state index is 0.258. The molecule has 2 unspecified atom stereocenters. The van der Waals surface area contributed by atoms with E-state index in [-0.39, 0.29) is 17.9 Å². The van der Waals surface area contributed by atoms with Gasteiger partial charge in [0.1, 0.15) is 5.82 Å². The van der Waals surface area contributed by atoms with Gasteiger partial charge in [-0.2, -0.15) is 5.10 Å². The van der Waals surface area contributed by atoms with Crippen molar-refractivity contribution in [3.8, 4) is 0 Å². The molecule has 0 saturated heterocycles. The number of nitrogens with zero attached hydrogens (tertiary/aromatic N) is 2. The lowest BCUT2D eigenvalue weighted by molar-refractivity contribution is 0.1000. The molecule has 2 rings (SSSR count). The van der Waals surface area contributed by atoms with Crippen LogP contribution in [0.4, 0.5) is 4.39 Å². The van der Waals surface area contributed by atoms with Crippen LogP contribution < -0.4 is 11.5 Å². The lowest BCUT2D eigenvalue weighted by Gasteiger charge is -2.21. The summed E-state index contributed by atoms with van der Waals surface area (Å²) in [5.74, 6) is -0.862. The maximum absolute atomic E-state index is 12.9. The Morgan fingerprint density at radius 2 is 2.00 bits per heavy atom. The van der Waals surface area contributed by atoms with Gasteiger partial charge in [-0.15, -0.1) is 0 Å². The number of hydrogen-bond acceptors (Lipinski definition) is 3. The van der Waals surface area contributed by atoms with Crippen molar-refractivity contribution in [2.45, 2.75) is 19.0 Å². The molecule has 5 nitrogen and oxygen atoms in total. The van der Waals surface area contributed by atoms with Crippen LogP contribution >= 0.6 is 0 Å². The Bertz CT molecular complexity index is 577. The van der Waals surface area contributed by atoms with Crippen LogP contribution in [0.15, 0.2) is 36.7 Å². The standard InChI is InChI=1S/C13H15FN4O/c1-8(15)12(9-2-4-11(14)5-3-9)18-7-10(6-17-18)13(16)19/h2-8,12H,15H2,1H3,(H2,16,19). The quantitative estimate of drug-likeness (QED) is 0.863. The summed E-state index contributed by atoms with van der Waals surface area (Å²) in [6.45, 7) is 1.82. The molecule has 100 valence electrons. The number of aromatic nitrogens is 2. The molecule has 0 spiro atoms. The van der Waals surface area contributed by atoms with Gasteiger partial charge in [-0.05, 0) is 24.6 Å². The SMILES string of the molecule is CC(N)C(c1ccc(F)cc1)n1cc(C(N)=O)cn1. The van der Waals surface area contributed by atoms with Crippen LogP contribution in [0, 0.1) is 5.82 Å². The van der Waals surface area contributed by atoms with Crippen molar-refractivity contribution in [1.29, 1.82) is 0 Å². The molecule has 0 aliphatic rings. The highest BCUT2D eigenvalue weighted by atomic mass is 19.1. The molecule has 0 bridgehead atoms. The maximum atomic E-state index is 12.9. The molecule has 0 aliphatic heterocycles. The number of primary amides is 1. The Morgan fingerprint density at radius 1 is 1.37 bits per heavy atom. The van der Waals surface area contributed by atoms with Crippen molar-refractivity contribution in [3.05, 3.63) is 53.6 Å². The Kier molecular flexibility index (Phi) is 3.62. The molecule has 2 aromatic rings. The fourth-order valence-electron chi connectivity index (χ4n) is 1.97. The summed E-state index contributed by atoms with van der Waals surface area (Å²) in [7, 11) is 0. The second-order valence-electron chi connectivity index (χ2n) is 4.43. The fraction of sp³-hybridized carbons (Fsp3) is 0.231. The van der Waals surface area contributed by atoms with Gasteiger partial charge in [0.2, 0.25) is 0 Å². The van der Waals surface area contributed by atoms with E-state index in [0.29, 0.717) is 5.56 Å². The first-order valence-electron chi connectivity index (χ1n) is 5.84. The average Bonchev–Trinajstić information content (AvgIpc) is 2.81. The van der Waals surface area contributed by atoms with Crippen molar-refractivity contribution >= 4 is 5.91 Å². The molecule has 0 radical (unpaired) electrons. The van der Waals surface area contributed by atoms with Gasteiger partial charge in [0.25, 0.3) is 5.91 Å². The third-order valence-corrected chi connectivity index (χ3v) is 2.88. The predicted octanol–water partition coefficient (Wildman–Crippen LogP) is 1.06. The number of hydrogen-bond donors (Lipinski definition) is 2. The first kappa shape index (κ1) is 13.2. The second-order valence-corrected chi connectivity index (χ2v) is 4.43. The molecule has 6 heteroatoms. The van der Waals surface area contributed by atoms with Crippen molar-refractivity contribution in [1.82, 2.24) is 9.78 Å². The first-order chi connectivity index (χ1) is 8.99. The van der Waals surface area contributed by atoms with E-state index in [2.05, 4.69) is 5.10 Å². The molecular formula is C13H15FN4O. The summed E-state index contributed by atoms with van der Waals surface area (Å²) >= 11 is 0. The monoisotopic (exact) mass is 262 g/mol. The van der Waals surface area contributed by atoms with Gasteiger partial charge in [-0.3, -0.25) is 9.48 Å². The van der Waals surface area contributed by atoms with E-state index in [1.54, 1.807) is 23.0 Å². The van der Waals surface area contributed by atoms with E-state index >= 15 is 0 Å². The normalized spacial score (nSPS) is 14.1. The van der Waals surface area contributed by atoms with Crippen molar-refractivity contribution < 1.29 is 9.18 Å². The molecule has 0 aliphatic carbocycles. The molecule has 0 fully saturated rings. The largest absolute Gasteiger partial charge is 0.366 e.